The van der Waals surface area contributed by atoms with Gasteiger partial charge in [0.1, 0.15) is 0 Å². The molecule has 2 atom stereocenters. The number of carboxylic acid groups (broad SMARTS) is 1. The molecule has 4 nitrogen and oxygen atoms in total. The Kier molecular flexibility index (Phi) is 8.21. The van der Waals surface area contributed by atoms with Crippen LogP contribution in [0.25, 0.3) is 0 Å². The molecule has 0 saturated carbocycles. The van der Waals surface area contributed by atoms with Gasteiger partial charge >= 0.3 is 5.97 Å². The van der Waals surface area contributed by atoms with Crippen molar-refractivity contribution in [3.05, 3.63) is 0 Å². The van der Waals surface area contributed by atoms with Crippen molar-refractivity contribution in [2.45, 2.75) is 39.2 Å². The third-order valence-corrected chi connectivity index (χ3v) is 2.75. The van der Waals surface area contributed by atoms with E-state index in [1.807, 2.05) is 0 Å². The summed E-state index contributed by atoms with van der Waals surface area (Å²) in [6.07, 6.45) is 2.80. The second kappa shape index (κ2) is 8.53. The molecule has 0 aliphatic rings. The Hall–Kier alpha value is -0.610. The average molecular weight is 230 g/mol. The normalized spacial score (nSPS) is 15.1. The SMILES string of the molecule is CC(CCCC(C)C(=O)O)NCCN(C)C. The summed E-state index contributed by atoms with van der Waals surface area (Å²) in [6, 6.07) is 0.473. The van der Waals surface area contributed by atoms with E-state index in [9.17, 15) is 4.79 Å². The summed E-state index contributed by atoms with van der Waals surface area (Å²) < 4.78 is 0. The Morgan fingerprint density at radius 2 is 1.94 bits per heavy atom. The van der Waals surface area contributed by atoms with Crippen LogP contribution in [0.5, 0.6) is 0 Å². The quantitative estimate of drug-likeness (QED) is 0.629. The molecule has 4 heteroatoms. The Morgan fingerprint density at radius 3 is 2.44 bits per heavy atom. The van der Waals surface area contributed by atoms with Gasteiger partial charge in [-0.3, -0.25) is 4.79 Å². The molecule has 0 heterocycles. The van der Waals surface area contributed by atoms with Crippen LogP contribution in [-0.4, -0.2) is 49.2 Å². The van der Waals surface area contributed by atoms with Crippen molar-refractivity contribution in [2.75, 3.05) is 27.2 Å². The van der Waals surface area contributed by atoms with Gasteiger partial charge in [0.15, 0.2) is 0 Å². The van der Waals surface area contributed by atoms with Gasteiger partial charge in [-0.25, -0.2) is 0 Å². The van der Waals surface area contributed by atoms with Crippen LogP contribution in [0.15, 0.2) is 0 Å². The molecule has 0 aromatic rings. The summed E-state index contributed by atoms with van der Waals surface area (Å²) in [7, 11) is 4.11. The van der Waals surface area contributed by atoms with Crippen molar-refractivity contribution in [3.8, 4) is 0 Å². The zero-order valence-electron chi connectivity index (χ0n) is 11.0. The minimum absolute atomic E-state index is 0.214. The van der Waals surface area contributed by atoms with Gasteiger partial charge in [-0.15, -0.1) is 0 Å². The fraction of sp³-hybridized carbons (Fsp3) is 0.917. The van der Waals surface area contributed by atoms with Gasteiger partial charge in [-0.1, -0.05) is 13.3 Å². The van der Waals surface area contributed by atoms with Crippen LogP contribution >= 0.6 is 0 Å². The number of hydrogen-bond donors (Lipinski definition) is 2. The van der Waals surface area contributed by atoms with Gasteiger partial charge < -0.3 is 15.3 Å². The fourth-order valence-electron chi connectivity index (χ4n) is 1.49. The van der Waals surface area contributed by atoms with E-state index >= 15 is 0 Å². The minimum Gasteiger partial charge on any atom is -0.481 e. The van der Waals surface area contributed by atoms with Gasteiger partial charge in [-0.2, -0.15) is 0 Å². The minimum atomic E-state index is -0.687. The van der Waals surface area contributed by atoms with Crippen molar-refractivity contribution in [2.24, 2.45) is 5.92 Å². The van der Waals surface area contributed by atoms with Crippen LogP contribution in [0.4, 0.5) is 0 Å². The Labute approximate surface area is 99.0 Å². The molecule has 16 heavy (non-hydrogen) atoms. The lowest BCUT2D eigenvalue weighted by Crippen LogP contribution is -2.33. The van der Waals surface area contributed by atoms with E-state index < -0.39 is 5.97 Å². The summed E-state index contributed by atoms with van der Waals surface area (Å²) >= 11 is 0. The summed E-state index contributed by atoms with van der Waals surface area (Å²) in [6.45, 7) is 5.95. The van der Waals surface area contributed by atoms with Gasteiger partial charge in [-0.05, 0) is 33.9 Å². The summed E-state index contributed by atoms with van der Waals surface area (Å²) in [4.78, 5) is 12.7. The Balaban J connectivity index is 3.43. The third kappa shape index (κ3) is 8.68. The second-order valence-corrected chi connectivity index (χ2v) is 4.83. The van der Waals surface area contributed by atoms with Crippen molar-refractivity contribution in [1.82, 2.24) is 10.2 Å². The standard InChI is InChI=1S/C12H26N2O2/c1-10(12(15)16)6-5-7-11(2)13-8-9-14(3)4/h10-11,13H,5-9H2,1-4H3,(H,15,16). The molecule has 0 bridgehead atoms. The molecule has 0 fully saturated rings. The van der Waals surface area contributed by atoms with Crippen LogP contribution in [0.1, 0.15) is 33.1 Å². The molecule has 0 aromatic heterocycles. The monoisotopic (exact) mass is 230 g/mol. The van der Waals surface area contributed by atoms with Crippen molar-refractivity contribution >= 4 is 5.97 Å². The summed E-state index contributed by atoms with van der Waals surface area (Å²) in [5.41, 5.74) is 0. The lowest BCUT2D eigenvalue weighted by molar-refractivity contribution is -0.141. The Morgan fingerprint density at radius 1 is 1.31 bits per heavy atom. The first-order valence-electron chi connectivity index (χ1n) is 6.04. The number of hydrogen-bond acceptors (Lipinski definition) is 3. The van der Waals surface area contributed by atoms with Gasteiger partial charge in [0.05, 0.1) is 5.92 Å². The molecule has 0 saturated heterocycles. The molecule has 2 unspecified atom stereocenters. The van der Waals surface area contributed by atoms with E-state index in [0.29, 0.717) is 6.04 Å². The smallest absolute Gasteiger partial charge is 0.306 e. The average Bonchev–Trinajstić information content (AvgIpc) is 2.16. The predicted molar refractivity (Wildman–Crippen MR) is 66.7 cm³/mol. The number of carboxylic acids is 1. The molecular formula is C12H26N2O2. The van der Waals surface area contributed by atoms with Crippen molar-refractivity contribution in [1.29, 1.82) is 0 Å². The first-order chi connectivity index (χ1) is 7.43. The van der Waals surface area contributed by atoms with Crippen LogP contribution in [-0.2, 0) is 4.79 Å². The fourth-order valence-corrected chi connectivity index (χ4v) is 1.49. The number of rotatable bonds is 9. The summed E-state index contributed by atoms with van der Waals surface area (Å²) in [5.74, 6) is -0.901. The van der Waals surface area contributed by atoms with Crippen LogP contribution in [0.3, 0.4) is 0 Å². The van der Waals surface area contributed by atoms with Crippen LogP contribution in [0.2, 0.25) is 0 Å². The van der Waals surface area contributed by atoms with E-state index in [2.05, 4.69) is 31.2 Å². The highest BCUT2D eigenvalue weighted by atomic mass is 16.4. The van der Waals surface area contributed by atoms with Crippen LogP contribution < -0.4 is 5.32 Å². The number of nitrogens with zero attached hydrogens (tertiary/aromatic N) is 1. The number of aliphatic carboxylic acids is 1. The molecule has 0 amide bonds. The maximum atomic E-state index is 10.6. The van der Waals surface area contributed by atoms with E-state index in [1.54, 1.807) is 6.92 Å². The number of likely N-dealkylation sites (N-methyl/N-ethyl adjacent to an activating group) is 1. The highest BCUT2D eigenvalue weighted by molar-refractivity contribution is 5.69. The second-order valence-electron chi connectivity index (χ2n) is 4.83. The third-order valence-electron chi connectivity index (χ3n) is 2.75. The lowest BCUT2D eigenvalue weighted by atomic mass is 10.0. The van der Waals surface area contributed by atoms with Crippen molar-refractivity contribution in [3.63, 3.8) is 0 Å². The van der Waals surface area contributed by atoms with Gasteiger partial charge in [0, 0.05) is 19.1 Å². The molecule has 0 rings (SSSR count). The van der Waals surface area contributed by atoms with Gasteiger partial charge in [0.25, 0.3) is 0 Å². The van der Waals surface area contributed by atoms with E-state index in [-0.39, 0.29) is 5.92 Å². The lowest BCUT2D eigenvalue weighted by Gasteiger charge is -2.16. The molecule has 0 radical (unpaired) electrons. The molecule has 0 aliphatic carbocycles. The van der Waals surface area contributed by atoms with Crippen LogP contribution in [0, 0.1) is 5.92 Å². The van der Waals surface area contributed by atoms with E-state index in [0.717, 1.165) is 32.4 Å². The highest BCUT2D eigenvalue weighted by Gasteiger charge is 2.10. The molecule has 0 aliphatic heterocycles. The van der Waals surface area contributed by atoms with Crippen molar-refractivity contribution < 1.29 is 9.90 Å². The highest BCUT2D eigenvalue weighted by Crippen LogP contribution is 2.09. The topological polar surface area (TPSA) is 52.6 Å². The molecule has 0 aromatic carbocycles. The number of nitrogens with one attached hydrogen (secondary N) is 1. The molecular weight excluding hydrogens is 204 g/mol. The first-order valence-corrected chi connectivity index (χ1v) is 6.04. The zero-order valence-corrected chi connectivity index (χ0v) is 11.0. The van der Waals surface area contributed by atoms with E-state index in [4.69, 9.17) is 5.11 Å². The van der Waals surface area contributed by atoms with Gasteiger partial charge in [0.2, 0.25) is 0 Å². The first kappa shape index (κ1) is 15.4. The maximum absolute atomic E-state index is 10.6. The molecule has 2 N–H and O–H groups in total. The van der Waals surface area contributed by atoms with E-state index in [1.165, 1.54) is 0 Å². The largest absolute Gasteiger partial charge is 0.481 e. The molecule has 96 valence electrons. The molecule has 0 spiro atoms. The number of carbonyl (C=O) groups is 1. The predicted octanol–water partition coefficient (Wildman–Crippen LogP) is 1.42. The Bertz CT molecular complexity index is 195. The zero-order chi connectivity index (χ0) is 12.6. The summed E-state index contributed by atoms with van der Waals surface area (Å²) in [5, 5.41) is 12.2. The maximum Gasteiger partial charge on any atom is 0.306 e.